The van der Waals surface area contributed by atoms with Crippen molar-refractivity contribution in [3.8, 4) is 0 Å². The third-order valence-corrected chi connectivity index (χ3v) is 3.48. The molecule has 1 aliphatic rings. The molecule has 0 unspecified atom stereocenters. The van der Waals surface area contributed by atoms with E-state index >= 15 is 0 Å². The molecule has 1 amide bonds. The van der Waals surface area contributed by atoms with Crippen LogP contribution in [0.2, 0.25) is 0 Å². The highest BCUT2D eigenvalue weighted by Gasteiger charge is 2.38. The Labute approximate surface area is 107 Å². The van der Waals surface area contributed by atoms with Gasteiger partial charge in [0.25, 0.3) is 0 Å². The second kappa shape index (κ2) is 5.86. The zero-order valence-electron chi connectivity index (χ0n) is 10.6. The highest BCUT2D eigenvalue weighted by molar-refractivity contribution is 5.93. The van der Waals surface area contributed by atoms with Crippen molar-refractivity contribution < 1.29 is 4.79 Å². The quantitative estimate of drug-likeness (QED) is 0.831. The Morgan fingerprint density at radius 3 is 2.83 bits per heavy atom. The minimum Gasteiger partial charge on any atom is -0.317 e. The Morgan fingerprint density at radius 2 is 2.22 bits per heavy atom. The molecule has 1 aromatic rings. The molecule has 18 heavy (non-hydrogen) atoms. The maximum Gasteiger partial charge on any atom is 0.249 e. The normalized spacial score (nSPS) is 18.3. The highest BCUT2D eigenvalue weighted by Crippen LogP contribution is 2.34. The van der Waals surface area contributed by atoms with E-state index in [0.29, 0.717) is 0 Å². The second-order valence-corrected chi connectivity index (χ2v) is 4.70. The molecule has 0 spiro atoms. The molecule has 0 aromatic carbocycles. The van der Waals surface area contributed by atoms with Gasteiger partial charge in [-0.1, -0.05) is 13.3 Å². The maximum atomic E-state index is 12.4. The summed E-state index contributed by atoms with van der Waals surface area (Å²) in [6.07, 6.45) is 6.65. The lowest BCUT2D eigenvalue weighted by Crippen LogP contribution is -2.45. The average Bonchev–Trinajstić information content (AvgIpc) is 2.41. The Bertz CT molecular complexity index is 383. The second-order valence-electron chi connectivity index (χ2n) is 4.70. The molecule has 1 fully saturated rings. The molecule has 6 nitrogen and oxygen atoms in total. The number of nitrogens with zero attached hydrogens (tertiary/aromatic N) is 3. The van der Waals surface area contributed by atoms with Crippen molar-refractivity contribution >= 4 is 11.9 Å². The number of anilines is 1. The van der Waals surface area contributed by atoms with Crippen LogP contribution in [0.5, 0.6) is 0 Å². The molecule has 0 atom stereocenters. The van der Waals surface area contributed by atoms with Gasteiger partial charge in [-0.15, -0.1) is 5.10 Å². The summed E-state index contributed by atoms with van der Waals surface area (Å²) >= 11 is 0. The fourth-order valence-electron chi connectivity index (χ4n) is 2.51. The van der Waals surface area contributed by atoms with Gasteiger partial charge in [-0.05, 0) is 32.4 Å². The van der Waals surface area contributed by atoms with Crippen LogP contribution in [0.15, 0.2) is 12.4 Å². The summed E-state index contributed by atoms with van der Waals surface area (Å²) < 4.78 is 0. The lowest BCUT2D eigenvalue weighted by Gasteiger charge is -2.35. The molecule has 1 saturated heterocycles. The predicted octanol–water partition coefficient (Wildman–Crippen LogP) is 0.980. The number of aromatic nitrogens is 3. The summed E-state index contributed by atoms with van der Waals surface area (Å²) in [5, 5.41) is 13.6. The number of carbonyl (C=O) groups is 1. The number of hydrogen-bond donors (Lipinski definition) is 2. The number of nitrogens with one attached hydrogen (secondary N) is 2. The molecule has 1 aliphatic heterocycles. The van der Waals surface area contributed by atoms with Gasteiger partial charge in [-0.25, -0.2) is 4.98 Å². The molecule has 2 N–H and O–H groups in total. The van der Waals surface area contributed by atoms with Crippen molar-refractivity contribution in [3.63, 3.8) is 0 Å². The van der Waals surface area contributed by atoms with Gasteiger partial charge >= 0.3 is 0 Å². The van der Waals surface area contributed by atoms with Gasteiger partial charge < -0.3 is 5.32 Å². The summed E-state index contributed by atoms with van der Waals surface area (Å²) in [6.45, 7) is 3.89. The first-order valence-electron chi connectivity index (χ1n) is 6.43. The molecule has 0 aliphatic carbocycles. The van der Waals surface area contributed by atoms with Crippen LogP contribution in [0.4, 0.5) is 5.95 Å². The van der Waals surface area contributed by atoms with Crippen LogP contribution in [0.3, 0.4) is 0 Å². The number of rotatable bonds is 4. The summed E-state index contributed by atoms with van der Waals surface area (Å²) in [6, 6.07) is 0. The molecule has 2 rings (SSSR count). The van der Waals surface area contributed by atoms with E-state index < -0.39 is 0 Å². The van der Waals surface area contributed by atoms with E-state index in [1.54, 1.807) is 0 Å². The van der Waals surface area contributed by atoms with E-state index in [4.69, 9.17) is 0 Å². The van der Waals surface area contributed by atoms with Crippen LogP contribution >= 0.6 is 0 Å². The fourth-order valence-corrected chi connectivity index (χ4v) is 2.51. The third kappa shape index (κ3) is 2.81. The van der Waals surface area contributed by atoms with Gasteiger partial charge in [0.15, 0.2) is 0 Å². The number of carbonyl (C=O) groups excluding carboxylic acids is 1. The minimum atomic E-state index is -0.279. The van der Waals surface area contributed by atoms with Crippen molar-refractivity contribution in [2.75, 3.05) is 18.4 Å². The first-order chi connectivity index (χ1) is 8.77. The predicted molar refractivity (Wildman–Crippen MR) is 67.9 cm³/mol. The minimum absolute atomic E-state index is 0.0267. The van der Waals surface area contributed by atoms with Crippen LogP contribution in [0.25, 0.3) is 0 Å². The van der Waals surface area contributed by atoms with E-state index in [9.17, 15) is 4.79 Å². The van der Waals surface area contributed by atoms with Crippen LogP contribution in [0, 0.1) is 5.41 Å². The average molecular weight is 249 g/mol. The van der Waals surface area contributed by atoms with Crippen molar-refractivity contribution in [1.29, 1.82) is 0 Å². The zero-order chi connectivity index (χ0) is 12.8. The van der Waals surface area contributed by atoms with Crippen molar-refractivity contribution in [2.45, 2.75) is 32.6 Å². The van der Waals surface area contributed by atoms with E-state index in [0.717, 1.165) is 38.8 Å². The van der Waals surface area contributed by atoms with Crippen LogP contribution < -0.4 is 10.6 Å². The topological polar surface area (TPSA) is 79.8 Å². The number of hydrogen-bond acceptors (Lipinski definition) is 5. The Morgan fingerprint density at radius 1 is 1.44 bits per heavy atom. The van der Waals surface area contributed by atoms with Gasteiger partial charge in [0, 0.05) is 0 Å². The molecule has 0 bridgehead atoms. The van der Waals surface area contributed by atoms with Gasteiger partial charge in [0.1, 0.15) is 0 Å². The van der Waals surface area contributed by atoms with E-state index in [1.807, 2.05) is 0 Å². The van der Waals surface area contributed by atoms with Crippen LogP contribution in [-0.4, -0.2) is 34.2 Å². The van der Waals surface area contributed by atoms with E-state index in [1.165, 1.54) is 12.4 Å². The Hall–Kier alpha value is -1.56. The molecule has 2 heterocycles. The summed E-state index contributed by atoms with van der Waals surface area (Å²) in [7, 11) is 0. The van der Waals surface area contributed by atoms with Crippen LogP contribution in [-0.2, 0) is 4.79 Å². The highest BCUT2D eigenvalue weighted by atomic mass is 16.2. The Kier molecular flexibility index (Phi) is 4.19. The third-order valence-electron chi connectivity index (χ3n) is 3.48. The fraction of sp³-hybridized carbons (Fsp3) is 0.667. The number of amides is 1. The van der Waals surface area contributed by atoms with Gasteiger partial charge in [-0.3, -0.25) is 10.1 Å². The molecule has 1 aromatic heterocycles. The van der Waals surface area contributed by atoms with Crippen molar-refractivity contribution in [1.82, 2.24) is 20.5 Å². The molecular weight excluding hydrogens is 230 g/mol. The zero-order valence-corrected chi connectivity index (χ0v) is 10.6. The molecule has 0 radical (unpaired) electrons. The van der Waals surface area contributed by atoms with E-state index in [-0.39, 0.29) is 17.3 Å². The lowest BCUT2D eigenvalue weighted by molar-refractivity contribution is -0.127. The lowest BCUT2D eigenvalue weighted by atomic mass is 9.74. The van der Waals surface area contributed by atoms with Crippen molar-refractivity contribution in [3.05, 3.63) is 12.4 Å². The van der Waals surface area contributed by atoms with E-state index in [2.05, 4.69) is 32.7 Å². The van der Waals surface area contributed by atoms with Gasteiger partial charge in [-0.2, -0.15) is 5.10 Å². The largest absolute Gasteiger partial charge is 0.317 e. The Balaban J connectivity index is 2.08. The maximum absolute atomic E-state index is 12.4. The van der Waals surface area contributed by atoms with Gasteiger partial charge in [0.2, 0.25) is 11.9 Å². The van der Waals surface area contributed by atoms with Crippen molar-refractivity contribution in [2.24, 2.45) is 5.41 Å². The smallest absolute Gasteiger partial charge is 0.249 e. The first kappa shape index (κ1) is 12.9. The SMILES string of the molecule is CCCC1(C(=O)Nc2nccnn2)CCNCC1. The standard InChI is InChI=1S/C12H19N5O/c1-2-3-12(4-6-13-7-5-12)10(18)16-11-14-8-9-15-17-11/h8-9,13H,2-7H2,1H3,(H,14,16,17,18). The first-order valence-corrected chi connectivity index (χ1v) is 6.43. The summed E-state index contributed by atoms with van der Waals surface area (Å²) in [4.78, 5) is 16.4. The number of piperidine rings is 1. The summed E-state index contributed by atoms with van der Waals surface area (Å²) in [5.74, 6) is 0.315. The molecule has 0 saturated carbocycles. The molecular formula is C12H19N5O. The molecule has 6 heteroatoms. The van der Waals surface area contributed by atoms with Crippen LogP contribution in [0.1, 0.15) is 32.6 Å². The summed E-state index contributed by atoms with van der Waals surface area (Å²) in [5.41, 5.74) is -0.279. The monoisotopic (exact) mass is 249 g/mol. The van der Waals surface area contributed by atoms with Gasteiger partial charge in [0.05, 0.1) is 17.8 Å². The molecule has 98 valence electrons.